The summed E-state index contributed by atoms with van der Waals surface area (Å²) in [4.78, 5) is 15.4. The van der Waals surface area contributed by atoms with E-state index in [1.54, 1.807) is 18.3 Å². The number of amides is 1. The molecule has 0 atom stereocenters. The number of benzene rings is 2. The molecule has 0 aliphatic rings. The van der Waals surface area contributed by atoms with Crippen LogP contribution in [0.5, 0.6) is 11.6 Å². The molecule has 31 heavy (non-hydrogen) atoms. The number of carbonyl (C=O) groups is 1. The number of nitrogens with one attached hydrogen (secondary N) is 1. The van der Waals surface area contributed by atoms with Crippen molar-refractivity contribution in [1.29, 1.82) is 0 Å². The largest absolute Gasteiger partial charge is 0.444 e. The van der Waals surface area contributed by atoms with Gasteiger partial charge in [0.05, 0.1) is 11.4 Å². The molecular formula is C22H16F2N4O3. The van der Waals surface area contributed by atoms with Gasteiger partial charge in [-0.3, -0.25) is 5.32 Å². The van der Waals surface area contributed by atoms with Crippen molar-refractivity contribution < 1.29 is 23.0 Å². The number of pyridine rings is 1. The van der Waals surface area contributed by atoms with E-state index in [-0.39, 0.29) is 23.9 Å². The molecule has 2 heterocycles. The molecule has 0 spiro atoms. The summed E-state index contributed by atoms with van der Waals surface area (Å²) in [6.07, 6.45) is 2.11. The molecule has 2 aromatic heterocycles. The molecule has 9 heteroatoms. The average Bonchev–Trinajstić information content (AvgIpc) is 3.23. The molecule has 156 valence electrons. The Labute approximate surface area is 175 Å². The Morgan fingerprint density at radius 1 is 1.03 bits per heavy atom. The smallest absolute Gasteiger partial charge is 0.412 e. The molecule has 0 bridgehead atoms. The van der Waals surface area contributed by atoms with Crippen molar-refractivity contribution in [1.82, 2.24) is 14.8 Å². The molecule has 0 saturated carbocycles. The van der Waals surface area contributed by atoms with E-state index in [4.69, 9.17) is 9.47 Å². The van der Waals surface area contributed by atoms with Crippen molar-refractivity contribution in [2.75, 3.05) is 5.32 Å². The SMILES string of the molecule is O=C(Nc1ccc(Oc2ccn(-c3ccnc(F)c3)n2)cc1F)OCc1ccccc1. The molecule has 4 aromatic rings. The maximum absolute atomic E-state index is 14.4. The summed E-state index contributed by atoms with van der Waals surface area (Å²) >= 11 is 0. The van der Waals surface area contributed by atoms with Crippen molar-refractivity contribution in [3.8, 4) is 17.3 Å². The lowest BCUT2D eigenvalue weighted by Gasteiger charge is -2.09. The summed E-state index contributed by atoms with van der Waals surface area (Å²) in [6, 6.07) is 17.4. The second-order valence-electron chi connectivity index (χ2n) is 6.37. The van der Waals surface area contributed by atoms with Crippen molar-refractivity contribution >= 4 is 11.8 Å². The van der Waals surface area contributed by atoms with Crippen molar-refractivity contribution in [2.45, 2.75) is 6.61 Å². The van der Waals surface area contributed by atoms with Crippen LogP contribution in [0.25, 0.3) is 5.69 Å². The summed E-state index contributed by atoms with van der Waals surface area (Å²) in [5.41, 5.74) is 1.22. The van der Waals surface area contributed by atoms with E-state index in [0.717, 1.165) is 11.6 Å². The predicted molar refractivity (Wildman–Crippen MR) is 108 cm³/mol. The van der Waals surface area contributed by atoms with Gasteiger partial charge in [0.1, 0.15) is 12.4 Å². The quantitative estimate of drug-likeness (QED) is 0.438. The van der Waals surface area contributed by atoms with Gasteiger partial charge in [-0.15, -0.1) is 5.10 Å². The van der Waals surface area contributed by atoms with Crippen LogP contribution in [-0.4, -0.2) is 20.9 Å². The maximum Gasteiger partial charge on any atom is 0.412 e. The van der Waals surface area contributed by atoms with Crippen LogP contribution in [0.3, 0.4) is 0 Å². The minimum absolute atomic E-state index is 0.0526. The molecule has 1 N–H and O–H groups in total. The van der Waals surface area contributed by atoms with Crippen molar-refractivity contribution in [2.24, 2.45) is 0 Å². The fourth-order valence-electron chi connectivity index (χ4n) is 2.69. The summed E-state index contributed by atoms with van der Waals surface area (Å²) in [5.74, 6) is -0.987. The number of carbonyl (C=O) groups excluding carboxylic acids is 1. The molecule has 0 unspecified atom stereocenters. The van der Waals surface area contributed by atoms with E-state index in [1.807, 2.05) is 30.3 Å². The molecule has 0 radical (unpaired) electrons. The molecule has 1 amide bonds. The van der Waals surface area contributed by atoms with E-state index < -0.39 is 17.9 Å². The van der Waals surface area contributed by atoms with Crippen LogP contribution in [0.1, 0.15) is 5.56 Å². The first kappa shape index (κ1) is 20.0. The van der Waals surface area contributed by atoms with E-state index in [2.05, 4.69) is 15.4 Å². The second kappa shape index (κ2) is 9.04. The summed E-state index contributed by atoms with van der Waals surface area (Å²) in [6.45, 7) is 0.0690. The van der Waals surface area contributed by atoms with Gasteiger partial charge >= 0.3 is 6.09 Å². The minimum atomic E-state index is -0.778. The van der Waals surface area contributed by atoms with Crippen LogP contribution in [0, 0.1) is 11.8 Å². The van der Waals surface area contributed by atoms with Crippen molar-refractivity contribution in [3.63, 3.8) is 0 Å². The zero-order valence-corrected chi connectivity index (χ0v) is 16.0. The van der Waals surface area contributed by atoms with Crippen LogP contribution >= 0.6 is 0 Å². The Balaban J connectivity index is 1.37. The standard InChI is InChI=1S/C22H16F2N4O3/c23-18-13-17(31-21-9-11-28(27-21)16-8-10-25-20(24)12-16)6-7-19(18)26-22(29)30-14-15-4-2-1-3-5-15/h1-13H,14H2,(H,26,29). The van der Waals surface area contributed by atoms with Crippen LogP contribution in [0.2, 0.25) is 0 Å². The van der Waals surface area contributed by atoms with Crippen LogP contribution in [0.4, 0.5) is 19.3 Å². The predicted octanol–water partition coefficient (Wildman–Crippen LogP) is 5.09. The lowest BCUT2D eigenvalue weighted by atomic mass is 10.2. The van der Waals surface area contributed by atoms with Gasteiger partial charge in [-0.25, -0.2) is 18.9 Å². The number of nitrogens with zero attached hydrogens (tertiary/aromatic N) is 3. The number of hydrogen-bond acceptors (Lipinski definition) is 5. The van der Waals surface area contributed by atoms with Crippen LogP contribution < -0.4 is 10.1 Å². The summed E-state index contributed by atoms with van der Waals surface area (Å²) < 4.78 is 39.6. The minimum Gasteiger partial charge on any atom is -0.444 e. The molecule has 0 aliphatic heterocycles. The zero-order chi connectivity index (χ0) is 21.6. The Morgan fingerprint density at radius 2 is 1.87 bits per heavy atom. The Kier molecular flexibility index (Phi) is 5.84. The topological polar surface area (TPSA) is 78.3 Å². The first-order valence-corrected chi connectivity index (χ1v) is 9.19. The normalized spacial score (nSPS) is 10.5. The fraction of sp³-hybridized carbons (Fsp3) is 0.0455. The van der Waals surface area contributed by atoms with Crippen molar-refractivity contribution in [3.05, 3.63) is 96.5 Å². The number of hydrogen-bond donors (Lipinski definition) is 1. The highest BCUT2D eigenvalue weighted by Gasteiger charge is 2.11. The van der Waals surface area contributed by atoms with Gasteiger partial charge in [0, 0.05) is 30.6 Å². The third-order valence-corrected chi connectivity index (χ3v) is 4.15. The molecular weight excluding hydrogens is 406 g/mol. The molecule has 7 nitrogen and oxygen atoms in total. The third kappa shape index (κ3) is 5.21. The molecule has 0 saturated heterocycles. The third-order valence-electron chi connectivity index (χ3n) is 4.15. The van der Waals surface area contributed by atoms with Crippen LogP contribution in [-0.2, 0) is 11.3 Å². The number of halogens is 2. The maximum atomic E-state index is 14.4. The van der Waals surface area contributed by atoms with Crippen LogP contribution in [0.15, 0.2) is 79.1 Å². The first-order valence-electron chi connectivity index (χ1n) is 9.19. The molecule has 2 aromatic carbocycles. The second-order valence-corrected chi connectivity index (χ2v) is 6.37. The van der Waals surface area contributed by atoms with Gasteiger partial charge in [-0.1, -0.05) is 30.3 Å². The highest BCUT2D eigenvalue weighted by molar-refractivity contribution is 5.84. The van der Waals surface area contributed by atoms with Gasteiger partial charge in [-0.05, 0) is 23.8 Å². The monoisotopic (exact) mass is 422 g/mol. The van der Waals surface area contributed by atoms with E-state index in [9.17, 15) is 13.6 Å². The summed E-state index contributed by atoms with van der Waals surface area (Å²) in [7, 11) is 0. The number of rotatable bonds is 6. The van der Waals surface area contributed by atoms with Gasteiger partial charge < -0.3 is 9.47 Å². The molecule has 4 rings (SSSR count). The highest BCUT2D eigenvalue weighted by atomic mass is 19.1. The highest BCUT2D eigenvalue weighted by Crippen LogP contribution is 2.25. The number of ether oxygens (including phenoxy) is 2. The molecule has 0 aliphatic carbocycles. The lowest BCUT2D eigenvalue weighted by Crippen LogP contribution is -2.14. The summed E-state index contributed by atoms with van der Waals surface area (Å²) in [5, 5.41) is 6.51. The van der Waals surface area contributed by atoms with E-state index in [0.29, 0.717) is 5.69 Å². The Morgan fingerprint density at radius 3 is 2.65 bits per heavy atom. The Hall–Kier alpha value is -4.27. The molecule has 0 fully saturated rings. The van der Waals surface area contributed by atoms with Gasteiger partial charge in [0.15, 0.2) is 5.82 Å². The average molecular weight is 422 g/mol. The fourth-order valence-corrected chi connectivity index (χ4v) is 2.69. The van der Waals surface area contributed by atoms with Gasteiger partial charge in [0.2, 0.25) is 11.8 Å². The van der Waals surface area contributed by atoms with Gasteiger partial charge in [0.25, 0.3) is 0 Å². The Bertz CT molecular complexity index is 1200. The number of aromatic nitrogens is 3. The zero-order valence-electron chi connectivity index (χ0n) is 16.0. The van der Waals surface area contributed by atoms with Gasteiger partial charge in [-0.2, -0.15) is 4.39 Å². The van der Waals surface area contributed by atoms with E-state index in [1.165, 1.54) is 29.1 Å². The number of anilines is 1. The van der Waals surface area contributed by atoms with E-state index >= 15 is 0 Å². The lowest BCUT2D eigenvalue weighted by molar-refractivity contribution is 0.155. The first-order chi connectivity index (χ1) is 15.1.